The fourth-order valence-electron chi connectivity index (χ4n) is 4.71. The Morgan fingerprint density at radius 3 is 2.26 bits per heavy atom. The van der Waals surface area contributed by atoms with Crippen molar-refractivity contribution in [2.75, 3.05) is 6.61 Å². The van der Waals surface area contributed by atoms with Crippen molar-refractivity contribution in [1.82, 2.24) is 9.47 Å². The van der Waals surface area contributed by atoms with Crippen molar-refractivity contribution < 1.29 is 24.2 Å². The van der Waals surface area contributed by atoms with E-state index in [1.54, 1.807) is 36.1 Å². The van der Waals surface area contributed by atoms with Crippen LogP contribution < -0.4 is 0 Å². The van der Waals surface area contributed by atoms with Gasteiger partial charge in [-0.1, -0.05) is 30.3 Å². The fraction of sp³-hybridized carbons (Fsp3) is 0.152. The quantitative estimate of drug-likeness (QED) is 0.183. The van der Waals surface area contributed by atoms with Gasteiger partial charge in [-0.05, 0) is 104 Å². The first-order chi connectivity index (χ1) is 20.2. The lowest BCUT2D eigenvalue weighted by Crippen LogP contribution is -2.28. The molecule has 0 unspecified atom stereocenters. The zero-order valence-electron chi connectivity index (χ0n) is 23.4. The summed E-state index contributed by atoms with van der Waals surface area (Å²) in [5.41, 5.74) is 5.90. The summed E-state index contributed by atoms with van der Waals surface area (Å²) < 4.78 is 7.17. The number of esters is 1. The number of aliphatic imine (C=N–C) groups is 1. The molecule has 8 nitrogen and oxygen atoms in total. The number of para-hydroxylation sites is 1. The molecule has 0 spiro atoms. The van der Waals surface area contributed by atoms with Crippen molar-refractivity contribution in [1.29, 1.82) is 0 Å². The van der Waals surface area contributed by atoms with Crippen LogP contribution in [-0.2, 0) is 16.1 Å². The van der Waals surface area contributed by atoms with Gasteiger partial charge in [-0.2, -0.15) is 0 Å². The third kappa shape index (κ3) is 6.06. The van der Waals surface area contributed by atoms with Gasteiger partial charge in [0.25, 0.3) is 5.91 Å². The van der Waals surface area contributed by atoms with E-state index in [1.165, 1.54) is 23.9 Å². The van der Waals surface area contributed by atoms with Gasteiger partial charge in [0.05, 0.1) is 34.9 Å². The molecule has 1 aliphatic heterocycles. The molecule has 0 saturated carbocycles. The standard InChI is InChI=1S/C33H29N3O5S/c1-4-41-32(40)25-14-16-28(17-15-25)36-21(2)18-26(22(36)3)19-29-30(37)35(20-23-10-12-24(13-11-23)31(38)39)33(42-29)34-27-8-6-5-7-9-27/h5-19H,4,20H2,1-3H3,(H,38,39)/b29-19-,34-33?. The molecule has 0 aliphatic carbocycles. The predicted octanol–water partition coefficient (Wildman–Crippen LogP) is 6.77. The third-order valence-corrected chi connectivity index (χ3v) is 7.81. The number of aromatic nitrogens is 1. The Hall–Kier alpha value is -4.89. The lowest BCUT2D eigenvalue weighted by molar-refractivity contribution is -0.122. The van der Waals surface area contributed by atoms with Crippen molar-refractivity contribution >= 4 is 46.5 Å². The molecule has 1 aromatic heterocycles. The summed E-state index contributed by atoms with van der Waals surface area (Å²) in [7, 11) is 0. The summed E-state index contributed by atoms with van der Waals surface area (Å²) >= 11 is 1.31. The molecule has 1 saturated heterocycles. The first-order valence-electron chi connectivity index (χ1n) is 13.4. The smallest absolute Gasteiger partial charge is 0.338 e. The number of thioether (sulfide) groups is 1. The number of aryl methyl sites for hydroxylation is 1. The minimum atomic E-state index is -1.00. The highest BCUT2D eigenvalue weighted by Gasteiger charge is 2.34. The zero-order chi connectivity index (χ0) is 29.8. The van der Waals surface area contributed by atoms with E-state index < -0.39 is 5.97 Å². The van der Waals surface area contributed by atoms with E-state index in [2.05, 4.69) is 4.57 Å². The maximum Gasteiger partial charge on any atom is 0.338 e. The molecule has 1 fully saturated rings. The molecule has 2 heterocycles. The lowest BCUT2D eigenvalue weighted by Gasteiger charge is -2.16. The van der Waals surface area contributed by atoms with Crippen molar-refractivity contribution in [3.63, 3.8) is 0 Å². The van der Waals surface area contributed by atoms with Gasteiger partial charge < -0.3 is 14.4 Å². The summed E-state index contributed by atoms with van der Waals surface area (Å²) in [5, 5.41) is 9.78. The Balaban J connectivity index is 1.47. The van der Waals surface area contributed by atoms with Crippen molar-refractivity contribution in [3.05, 3.63) is 123 Å². The number of hydrogen-bond donors (Lipinski definition) is 1. The zero-order valence-corrected chi connectivity index (χ0v) is 24.2. The highest BCUT2D eigenvalue weighted by Crippen LogP contribution is 2.36. The van der Waals surface area contributed by atoms with Gasteiger partial charge in [0.1, 0.15) is 0 Å². The van der Waals surface area contributed by atoms with E-state index in [4.69, 9.17) is 9.73 Å². The molecule has 9 heteroatoms. The summed E-state index contributed by atoms with van der Waals surface area (Å²) in [4.78, 5) is 44.0. The van der Waals surface area contributed by atoms with Crippen LogP contribution in [0.4, 0.5) is 5.69 Å². The molecule has 0 atom stereocenters. The van der Waals surface area contributed by atoms with E-state index in [9.17, 15) is 19.5 Å². The molecular weight excluding hydrogens is 550 g/mol. The maximum atomic E-state index is 13.7. The third-order valence-electron chi connectivity index (χ3n) is 6.80. The second kappa shape index (κ2) is 12.3. The molecule has 3 aromatic carbocycles. The Labute approximate surface area is 248 Å². The number of amides is 1. The number of carboxylic acid groups (broad SMARTS) is 1. The van der Waals surface area contributed by atoms with Gasteiger partial charge in [0.2, 0.25) is 0 Å². The fourth-order valence-corrected chi connectivity index (χ4v) is 5.70. The van der Waals surface area contributed by atoms with Gasteiger partial charge >= 0.3 is 11.9 Å². The average molecular weight is 580 g/mol. The van der Waals surface area contributed by atoms with Crippen LogP contribution in [0.3, 0.4) is 0 Å². The van der Waals surface area contributed by atoms with Crippen LogP contribution in [0.15, 0.2) is 94.8 Å². The van der Waals surface area contributed by atoms with Gasteiger partial charge in [-0.15, -0.1) is 0 Å². The van der Waals surface area contributed by atoms with Crippen molar-refractivity contribution in [2.24, 2.45) is 4.99 Å². The monoisotopic (exact) mass is 579 g/mol. The number of carbonyl (C=O) groups excluding carboxylic acids is 2. The molecule has 0 bridgehead atoms. The first-order valence-corrected chi connectivity index (χ1v) is 14.2. The normalized spacial score (nSPS) is 15.0. The summed E-state index contributed by atoms with van der Waals surface area (Å²) in [6.45, 7) is 6.32. The number of ether oxygens (including phenoxy) is 1. The van der Waals surface area contributed by atoms with E-state index in [0.717, 1.165) is 33.9 Å². The molecule has 42 heavy (non-hydrogen) atoms. The highest BCUT2D eigenvalue weighted by atomic mass is 32.2. The van der Waals surface area contributed by atoms with E-state index in [1.807, 2.05) is 68.5 Å². The number of benzene rings is 3. The van der Waals surface area contributed by atoms with Crippen LogP contribution in [0.25, 0.3) is 11.8 Å². The topological polar surface area (TPSA) is 101 Å². The number of aromatic carboxylic acids is 1. The SMILES string of the molecule is CCOC(=O)c1ccc(-n2c(C)cc(/C=C3\SC(=Nc4ccccc4)N(Cc4ccc(C(=O)O)cc4)C3=O)c2C)cc1. The number of nitrogens with zero attached hydrogens (tertiary/aromatic N) is 3. The molecule has 1 N–H and O–H groups in total. The summed E-state index contributed by atoms with van der Waals surface area (Å²) in [5.74, 6) is -1.54. The van der Waals surface area contributed by atoms with Crippen LogP contribution in [0, 0.1) is 13.8 Å². The maximum absolute atomic E-state index is 13.7. The Morgan fingerprint density at radius 2 is 1.62 bits per heavy atom. The second-order valence-electron chi connectivity index (χ2n) is 9.66. The van der Waals surface area contributed by atoms with E-state index in [0.29, 0.717) is 22.2 Å². The minimum Gasteiger partial charge on any atom is -0.478 e. The number of amidine groups is 1. The number of carboxylic acids is 1. The molecular formula is C33H29N3O5S. The van der Waals surface area contributed by atoms with Gasteiger partial charge in [0, 0.05) is 17.1 Å². The Morgan fingerprint density at radius 1 is 0.952 bits per heavy atom. The lowest BCUT2D eigenvalue weighted by atomic mass is 10.1. The van der Waals surface area contributed by atoms with Crippen LogP contribution in [0.5, 0.6) is 0 Å². The number of hydrogen-bond acceptors (Lipinski definition) is 6. The van der Waals surface area contributed by atoms with E-state index >= 15 is 0 Å². The van der Waals surface area contributed by atoms with Crippen LogP contribution in [0.1, 0.15) is 50.2 Å². The van der Waals surface area contributed by atoms with Gasteiger partial charge in [-0.25, -0.2) is 14.6 Å². The van der Waals surface area contributed by atoms with Crippen LogP contribution in [-0.4, -0.2) is 44.2 Å². The molecule has 1 amide bonds. The molecule has 5 rings (SSSR count). The molecule has 4 aromatic rings. The minimum absolute atomic E-state index is 0.180. The van der Waals surface area contributed by atoms with Crippen LogP contribution in [0.2, 0.25) is 0 Å². The average Bonchev–Trinajstić information content (AvgIpc) is 3.43. The largest absolute Gasteiger partial charge is 0.478 e. The second-order valence-corrected chi connectivity index (χ2v) is 10.7. The van der Waals surface area contributed by atoms with Crippen molar-refractivity contribution in [2.45, 2.75) is 27.3 Å². The van der Waals surface area contributed by atoms with Crippen molar-refractivity contribution in [3.8, 4) is 5.69 Å². The Bertz CT molecular complexity index is 1710. The van der Waals surface area contributed by atoms with Crippen LogP contribution >= 0.6 is 11.8 Å². The van der Waals surface area contributed by atoms with E-state index in [-0.39, 0.29) is 24.0 Å². The van der Waals surface area contributed by atoms with Gasteiger partial charge in [-0.3, -0.25) is 9.69 Å². The number of carbonyl (C=O) groups is 3. The molecule has 1 aliphatic rings. The predicted molar refractivity (Wildman–Crippen MR) is 164 cm³/mol. The summed E-state index contributed by atoms with van der Waals surface area (Å²) in [6, 6.07) is 25.2. The number of rotatable bonds is 8. The summed E-state index contributed by atoms with van der Waals surface area (Å²) in [6.07, 6.45) is 1.88. The van der Waals surface area contributed by atoms with Gasteiger partial charge in [0.15, 0.2) is 5.17 Å². The molecule has 0 radical (unpaired) electrons. The Kier molecular flexibility index (Phi) is 8.40. The first kappa shape index (κ1) is 28.6. The molecule has 212 valence electrons. The highest BCUT2D eigenvalue weighted by molar-refractivity contribution is 8.18.